The van der Waals surface area contributed by atoms with Gasteiger partial charge in [-0.25, -0.2) is 4.98 Å². The molecule has 2 aromatic heterocycles. The summed E-state index contributed by atoms with van der Waals surface area (Å²) < 4.78 is 12.5. The van der Waals surface area contributed by atoms with E-state index in [1.807, 2.05) is 24.3 Å². The van der Waals surface area contributed by atoms with Gasteiger partial charge in [-0.1, -0.05) is 12.1 Å². The molecule has 0 bridgehead atoms. The van der Waals surface area contributed by atoms with Gasteiger partial charge in [0, 0.05) is 10.2 Å². The lowest BCUT2D eigenvalue weighted by atomic mass is 10.2. The number of benzene rings is 2. The Balaban J connectivity index is 1.64. The van der Waals surface area contributed by atoms with Crippen molar-refractivity contribution in [2.24, 2.45) is 0 Å². The topological polar surface area (TPSA) is 68.3 Å². The lowest BCUT2D eigenvalue weighted by Crippen LogP contribution is -2.10. The molecule has 2 aromatic carbocycles. The van der Waals surface area contributed by atoms with Crippen LogP contribution in [0.5, 0.6) is 0 Å². The largest absolute Gasteiger partial charge is 0.444 e. The van der Waals surface area contributed by atoms with Crippen LogP contribution in [0.2, 0.25) is 0 Å². The third-order valence-corrected chi connectivity index (χ3v) is 4.66. The number of aromatic nitrogens is 1. The van der Waals surface area contributed by atoms with Crippen LogP contribution in [0, 0.1) is 0 Å². The van der Waals surface area contributed by atoms with Crippen LogP contribution in [-0.4, -0.2) is 10.9 Å². The van der Waals surface area contributed by atoms with Crippen molar-refractivity contribution in [1.29, 1.82) is 0 Å². The third kappa shape index (κ3) is 3.25. The summed E-state index contributed by atoms with van der Waals surface area (Å²) in [7, 11) is 0. The molecule has 4 rings (SSSR count). The Morgan fingerprint density at radius 2 is 1.84 bits per heavy atom. The molecular formula is C18H10Br2N2O3. The SMILES string of the molecule is O=C(Nc1ccc2oc(-c3ccccc3Br)nc2c1)c1ccc(Br)o1. The summed E-state index contributed by atoms with van der Waals surface area (Å²) in [6.45, 7) is 0. The number of anilines is 1. The maximum Gasteiger partial charge on any atom is 0.291 e. The summed E-state index contributed by atoms with van der Waals surface area (Å²) in [6.07, 6.45) is 0. The van der Waals surface area contributed by atoms with Gasteiger partial charge in [0.05, 0.1) is 5.56 Å². The lowest BCUT2D eigenvalue weighted by molar-refractivity contribution is 0.0995. The van der Waals surface area contributed by atoms with E-state index < -0.39 is 0 Å². The van der Waals surface area contributed by atoms with Crippen LogP contribution in [0.1, 0.15) is 10.6 Å². The van der Waals surface area contributed by atoms with Crippen molar-refractivity contribution in [1.82, 2.24) is 4.98 Å². The molecule has 0 radical (unpaired) electrons. The number of fused-ring (bicyclic) bond motifs is 1. The molecule has 124 valence electrons. The summed E-state index contributed by atoms with van der Waals surface area (Å²) in [5, 5.41) is 2.78. The number of halogens is 2. The first kappa shape index (κ1) is 16.1. The fourth-order valence-electron chi connectivity index (χ4n) is 2.38. The van der Waals surface area contributed by atoms with Crippen molar-refractivity contribution in [2.75, 3.05) is 5.32 Å². The number of hydrogen-bond acceptors (Lipinski definition) is 4. The van der Waals surface area contributed by atoms with Crippen molar-refractivity contribution in [3.8, 4) is 11.5 Å². The minimum absolute atomic E-state index is 0.223. The van der Waals surface area contributed by atoms with E-state index in [2.05, 4.69) is 42.2 Å². The molecular weight excluding hydrogens is 452 g/mol. The monoisotopic (exact) mass is 460 g/mol. The first-order chi connectivity index (χ1) is 12.1. The molecule has 0 aliphatic rings. The number of nitrogens with one attached hydrogen (secondary N) is 1. The number of amides is 1. The van der Waals surface area contributed by atoms with Gasteiger partial charge in [-0.2, -0.15) is 0 Å². The Labute approximate surface area is 159 Å². The summed E-state index contributed by atoms with van der Waals surface area (Å²) in [5.74, 6) is 0.404. The second-order valence-corrected chi connectivity index (χ2v) is 6.88. The first-order valence-electron chi connectivity index (χ1n) is 7.32. The maximum absolute atomic E-state index is 12.2. The molecule has 7 heteroatoms. The summed E-state index contributed by atoms with van der Waals surface area (Å²) in [6, 6.07) is 16.3. The molecule has 0 aliphatic heterocycles. The number of oxazole rings is 1. The lowest BCUT2D eigenvalue weighted by Gasteiger charge is -2.02. The summed E-state index contributed by atoms with van der Waals surface area (Å²) in [5.41, 5.74) is 2.77. The van der Waals surface area contributed by atoms with E-state index in [0.717, 1.165) is 10.0 Å². The molecule has 0 atom stereocenters. The van der Waals surface area contributed by atoms with Crippen LogP contribution in [0.3, 0.4) is 0 Å². The van der Waals surface area contributed by atoms with Crippen molar-refractivity contribution >= 4 is 54.6 Å². The Morgan fingerprint density at radius 3 is 2.60 bits per heavy atom. The Morgan fingerprint density at radius 1 is 1.00 bits per heavy atom. The van der Waals surface area contributed by atoms with Crippen LogP contribution in [0.15, 0.2) is 72.6 Å². The highest BCUT2D eigenvalue weighted by molar-refractivity contribution is 9.10. The normalized spacial score (nSPS) is 11.0. The van der Waals surface area contributed by atoms with Gasteiger partial charge in [-0.15, -0.1) is 0 Å². The fourth-order valence-corrected chi connectivity index (χ4v) is 3.14. The molecule has 0 unspecified atom stereocenters. The summed E-state index contributed by atoms with van der Waals surface area (Å²) in [4.78, 5) is 16.7. The molecule has 1 amide bonds. The van der Waals surface area contributed by atoms with Gasteiger partial charge in [0.2, 0.25) is 5.89 Å². The van der Waals surface area contributed by atoms with Gasteiger partial charge in [-0.3, -0.25) is 4.79 Å². The highest BCUT2D eigenvalue weighted by Gasteiger charge is 2.14. The van der Waals surface area contributed by atoms with E-state index in [1.54, 1.807) is 30.3 Å². The predicted molar refractivity (Wildman–Crippen MR) is 102 cm³/mol. The van der Waals surface area contributed by atoms with Crippen molar-refractivity contribution in [3.05, 3.63) is 69.5 Å². The van der Waals surface area contributed by atoms with Crippen molar-refractivity contribution in [2.45, 2.75) is 0 Å². The van der Waals surface area contributed by atoms with Gasteiger partial charge >= 0.3 is 0 Å². The van der Waals surface area contributed by atoms with Gasteiger partial charge in [0.1, 0.15) is 5.52 Å². The first-order valence-corrected chi connectivity index (χ1v) is 8.91. The van der Waals surface area contributed by atoms with Gasteiger partial charge < -0.3 is 14.2 Å². The number of hydrogen-bond donors (Lipinski definition) is 1. The molecule has 1 N–H and O–H groups in total. The van der Waals surface area contributed by atoms with Crippen molar-refractivity contribution < 1.29 is 13.6 Å². The van der Waals surface area contributed by atoms with Gasteiger partial charge in [0.15, 0.2) is 16.0 Å². The highest BCUT2D eigenvalue weighted by atomic mass is 79.9. The van der Waals surface area contributed by atoms with E-state index in [1.165, 1.54) is 0 Å². The van der Waals surface area contributed by atoms with E-state index in [-0.39, 0.29) is 11.7 Å². The Hall–Kier alpha value is -2.38. The van der Waals surface area contributed by atoms with E-state index in [0.29, 0.717) is 27.3 Å². The number of rotatable bonds is 3. The zero-order chi connectivity index (χ0) is 17.4. The van der Waals surface area contributed by atoms with Crippen molar-refractivity contribution in [3.63, 3.8) is 0 Å². The minimum atomic E-state index is -0.334. The van der Waals surface area contributed by atoms with Gasteiger partial charge in [-0.05, 0) is 74.3 Å². The van der Waals surface area contributed by atoms with Gasteiger partial charge in [0.25, 0.3) is 5.91 Å². The Bertz CT molecular complexity index is 1080. The van der Waals surface area contributed by atoms with Crippen LogP contribution in [0.25, 0.3) is 22.6 Å². The highest BCUT2D eigenvalue weighted by Crippen LogP contribution is 2.31. The average Bonchev–Trinajstić information content (AvgIpc) is 3.21. The molecule has 2 heterocycles. The van der Waals surface area contributed by atoms with Crippen LogP contribution < -0.4 is 5.32 Å². The Kier molecular flexibility index (Phi) is 4.19. The van der Waals surface area contributed by atoms with Crippen LogP contribution in [0.4, 0.5) is 5.69 Å². The van der Waals surface area contributed by atoms with E-state index >= 15 is 0 Å². The number of nitrogens with zero attached hydrogens (tertiary/aromatic N) is 1. The minimum Gasteiger partial charge on any atom is -0.444 e. The standard InChI is InChI=1S/C18H10Br2N2O3/c19-12-4-2-1-3-11(12)18-22-13-9-10(5-6-14(13)25-18)21-17(23)15-7-8-16(20)24-15/h1-9H,(H,21,23). The number of carbonyl (C=O) groups excluding carboxylic acids is 1. The average molecular weight is 462 g/mol. The molecule has 0 aliphatic carbocycles. The fraction of sp³-hybridized carbons (Fsp3) is 0. The second-order valence-electron chi connectivity index (χ2n) is 5.24. The van der Waals surface area contributed by atoms with Crippen LogP contribution in [-0.2, 0) is 0 Å². The molecule has 5 nitrogen and oxygen atoms in total. The molecule has 0 saturated carbocycles. The third-order valence-electron chi connectivity index (χ3n) is 3.55. The second kappa shape index (κ2) is 6.50. The smallest absolute Gasteiger partial charge is 0.291 e. The molecule has 0 fully saturated rings. The van der Waals surface area contributed by atoms with E-state index in [4.69, 9.17) is 8.83 Å². The van der Waals surface area contributed by atoms with E-state index in [9.17, 15) is 4.79 Å². The number of furan rings is 1. The molecule has 25 heavy (non-hydrogen) atoms. The molecule has 0 spiro atoms. The quantitative estimate of drug-likeness (QED) is 0.414. The summed E-state index contributed by atoms with van der Waals surface area (Å²) >= 11 is 6.67. The number of carbonyl (C=O) groups is 1. The zero-order valence-electron chi connectivity index (χ0n) is 12.6. The van der Waals surface area contributed by atoms with Crippen LogP contribution >= 0.6 is 31.9 Å². The molecule has 4 aromatic rings. The maximum atomic E-state index is 12.2. The molecule has 0 saturated heterocycles. The predicted octanol–water partition coefficient (Wildman–Crippen LogP) is 5.87. The zero-order valence-corrected chi connectivity index (χ0v) is 15.8.